The summed E-state index contributed by atoms with van der Waals surface area (Å²) in [5.74, 6) is -11.8. The lowest BCUT2D eigenvalue weighted by molar-refractivity contribution is -0.257. The van der Waals surface area contributed by atoms with E-state index in [0.29, 0.717) is 0 Å². The Morgan fingerprint density at radius 3 is 1.25 bits per heavy atom. The van der Waals surface area contributed by atoms with Gasteiger partial charge in [-0.15, -0.1) is 0 Å². The predicted molar refractivity (Wildman–Crippen MR) is 31.7 cm³/mol. The molecule has 0 N–H and O–H groups in total. The van der Waals surface area contributed by atoms with Gasteiger partial charge >= 0.3 is 18.3 Å². The zero-order valence-electron chi connectivity index (χ0n) is 7.09. The van der Waals surface area contributed by atoms with E-state index in [1.54, 1.807) is 0 Å². The molecule has 0 aromatic carbocycles. The molecule has 16 heavy (non-hydrogen) atoms. The number of alkyl halides is 10. The molecule has 0 aliphatic heterocycles. The summed E-state index contributed by atoms with van der Waals surface area (Å²) in [7, 11) is 0. The molecule has 0 nitrogen and oxygen atoms in total. The molecule has 98 valence electrons. The Bertz CT molecular complexity index is 223. The zero-order valence-corrected chi connectivity index (χ0v) is 7.09. The van der Waals surface area contributed by atoms with Gasteiger partial charge in [0.05, 0.1) is 0 Å². The molecule has 0 amide bonds. The standard InChI is InChI=1S/C6H4F10/c7-1(2(8)9)5(13,14)3(10)6(15,16)4(11)12/h1-4H. The molecule has 2 unspecified atom stereocenters. The van der Waals surface area contributed by atoms with Crippen LogP contribution in [0.3, 0.4) is 0 Å². The summed E-state index contributed by atoms with van der Waals surface area (Å²) >= 11 is 0. The highest BCUT2D eigenvalue weighted by molar-refractivity contribution is 4.95. The minimum atomic E-state index is -5.91. The Labute approximate surface area is 82.2 Å². The molecule has 0 rings (SSSR count). The normalized spacial score (nSPS) is 18.0. The van der Waals surface area contributed by atoms with E-state index < -0.39 is 37.0 Å². The van der Waals surface area contributed by atoms with Gasteiger partial charge in [-0.1, -0.05) is 0 Å². The van der Waals surface area contributed by atoms with E-state index in [-0.39, 0.29) is 0 Å². The lowest BCUT2D eigenvalue weighted by Gasteiger charge is -2.28. The van der Waals surface area contributed by atoms with Crippen molar-refractivity contribution in [2.45, 2.75) is 37.0 Å². The number of hydrogen-bond donors (Lipinski definition) is 0. The molecule has 0 aromatic heterocycles. The van der Waals surface area contributed by atoms with E-state index >= 15 is 0 Å². The maximum Gasteiger partial charge on any atom is 0.343 e. The molecule has 0 saturated carbocycles. The van der Waals surface area contributed by atoms with Crippen LogP contribution in [-0.2, 0) is 0 Å². The number of rotatable bonds is 5. The van der Waals surface area contributed by atoms with Crippen LogP contribution in [0.2, 0.25) is 0 Å². The van der Waals surface area contributed by atoms with Gasteiger partial charge in [-0.2, -0.15) is 17.6 Å². The Morgan fingerprint density at radius 2 is 1.00 bits per heavy atom. The number of halogens is 10. The third-order valence-electron chi connectivity index (χ3n) is 1.56. The first kappa shape index (κ1) is 15.3. The lowest BCUT2D eigenvalue weighted by atomic mass is 10.0. The van der Waals surface area contributed by atoms with Gasteiger partial charge in [-0.25, -0.2) is 26.3 Å². The van der Waals surface area contributed by atoms with Crippen molar-refractivity contribution in [1.82, 2.24) is 0 Å². The first-order valence-corrected chi connectivity index (χ1v) is 3.55. The fraction of sp³-hybridized carbons (Fsp3) is 1.00. The highest BCUT2D eigenvalue weighted by atomic mass is 19.3. The van der Waals surface area contributed by atoms with Crippen LogP contribution in [0.25, 0.3) is 0 Å². The van der Waals surface area contributed by atoms with E-state index in [1.165, 1.54) is 0 Å². The van der Waals surface area contributed by atoms with Crippen LogP contribution in [0.4, 0.5) is 43.9 Å². The molecule has 2 atom stereocenters. The SMILES string of the molecule is FC(F)C(F)C(F)(F)C(F)C(F)(F)C(F)F. The highest BCUT2D eigenvalue weighted by Gasteiger charge is 2.66. The maximum atomic E-state index is 12.3. The van der Waals surface area contributed by atoms with Crippen LogP contribution < -0.4 is 0 Å². The first-order chi connectivity index (χ1) is 6.95. The highest BCUT2D eigenvalue weighted by Crippen LogP contribution is 2.41. The first-order valence-electron chi connectivity index (χ1n) is 3.55. The smallest absolute Gasteiger partial charge is 0.234 e. The molecule has 0 aliphatic rings. The fourth-order valence-corrected chi connectivity index (χ4v) is 0.675. The van der Waals surface area contributed by atoms with Crippen LogP contribution in [0.15, 0.2) is 0 Å². The van der Waals surface area contributed by atoms with Crippen LogP contribution in [0, 0.1) is 0 Å². The zero-order chi connectivity index (χ0) is 13.3. The van der Waals surface area contributed by atoms with Crippen molar-refractivity contribution >= 4 is 0 Å². The van der Waals surface area contributed by atoms with Crippen LogP contribution in [0.5, 0.6) is 0 Å². The molecule has 0 bridgehead atoms. The van der Waals surface area contributed by atoms with Crippen LogP contribution >= 0.6 is 0 Å². The van der Waals surface area contributed by atoms with Gasteiger partial charge in [-0.3, -0.25) is 0 Å². The van der Waals surface area contributed by atoms with Gasteiger partial charge in [0.25, 0.3) is 6.43 Å². The molecular formula is C6H4F10. The number of hydrogen-bond acceptors (Lipinski definition) is 0. The Balaban J connectivity index is 5.03. The Hall–Kier alpha value is -0.700. The van der Waals surface area contributed by atoms with E-state index in [4.69, 9.17) is 0 Å². The van der Waals surface area contributed by atoms with Crippen molar-refractivity contribution in [3.05, 3.63) is 0 Å². The molecule has 0 heterocycles. The van der Waals surface area contributed by atoms with Crippen molar-refractivity contribution in [3.63, 3.8) is 0 Å². The van der Waals surface area contributed by atoms with E-state index in [1.807, 2.05) is 0 Å². The molecule has 0 radical (unpaired) electrons. The summed E-state index contributed by atoms with van der Waals surface area (Å²) in [6.07, 6.45) is -19.0. The average molecular weight is 266 g/mol. The van der Waals surface area contributed by atoms with Crippen molar-refractivity contribution < 1.29 is 43.9 Å². The van der Waals surface area contributed by atoms with Crippen molar-refractivity contribution in [3.8, 4) is 0 Å². The van der Waals surface area contributed by atoms with Crippen LogP contribution in [-0.4, -0.2) is 37.0 Å². The van der Waals surface area contributed by atoms with Gasteiger partial charge < -0.3 is 0 Å². The fourth-order valence-electron chi connectivity index (χ4n) is 0.675. The minimum Gasteiger partial charge on any atom is -0.234 e. The van der Waals surface area contributed by atoms with Gasteiger partial charge in [-0.05, 0) is 0 Å². The molecule has 0 spiro atoms. The third kappa shape index (κ3) is 2.70. The van der Waals surface area contributed by atoms with Crippen molar-refractivity contribution in [1.29, 1.82) is 0 Å². The van der Waals surface area contributed by atoms with Gasteiger partial charge in [0.15, 0.2) is 0 Å². The van der Waals surface area contributed by atoms with E-state index in [0.717, 1.165) is 0 Å². The Morgan fingerprint density at radius 1 is 0.625 bits per heavy atom. The van der Waals surface area contributed by atoms with E-state index in [2.05, 4.69) is 0 Å². The summed E-state index contributed by atoms with van der Waals surface area (Å²) < 4.78 is 119. The maximum absolute atomic E-state index is 12.3. The summed E-state index contributed by atoms with van der Waals surface area (Å²) in [6.45, 7) is 0. The molecule has 0 aromatic rings. The second kappa shape index (κ2) is 4.66. The largest absolute Gasteiger partial charge is 0.343 e. The minimum absolute atomic E-state index is 4.47. The van der Waals surface area contributed by atoms with Crippen molar-refractivity contribution in [2.24, 2.45) is 0 Å². The molecule has 10 heteroatoms. The summed E-state index contributed by atoms with van der Waals surface area (Å²) in [4.78, 5) is 0. The lowest BCUT2D eigenvalue weighted by Crippen LogP contribution is -2.54. The third-order valence-corrected chi connectivity index (χ3v) is 1.56. The summed E-state index contributed by atoms with van der Waals surface area (Å²) in [6, 6.07) is 0. The molecule has 0 saturated heterocycles. The Kier molecular flexibility index (Phi) is 4.46. The summed E-state index contributed by atoms with van der Waals surface area (Å²) in [5.41, 5.74) is 0. The van der Waals surface area contributed by atoms with Crippen LogP contribution in [0.1, 0.15) is 0 Å². The van der Waals surface area contributed by atoms with Crippen molar-refractivity contribution in [2.75, 3.05) is 0 Å². The van der Waals surface area contributed by atoms with Gasteiger partial charge in [0, 0.05) is 0 Å². The second-order valence-electron chi connectivity index (χ2n) is 2.75. The topological polar surface area (TPSA) is 0 Å². The van der Waals surface area contributed by atoms with E-state index in [9.17, 15) is 43.9 Å². The molecular weight excluding hydrogens is 262 g/mol. The monoisotopic (exact) mass is 266 g/mol. The predicted octanol–water partition coefficient (Wildman–Crippen LogP) is 3.46. The average Bonchev–Trinajstić information content (AvgIpc) is 2.14. The molecule has 0 aliphatic carbocycles. The van der Waals surface area contributed by atoms with Gasteiger partial charge in [0.1, 0.15) is 0 Å². The second-order valence-corrected chi connectivity index (χ2v) is 2.75. The van der Waals surface area contributed by atoms with Gasteiger partial charge in [0.2, 0.25) is 12.3 Å². The summed E-state index contributed by atoms with van der Waals surface area (Å²) in [5, 5.41) is 0. The quantitative estimate of drug-likeness (QED) is 0.668. The molecule has 0 fully saturated rings.